The van der Waals surface area contributed by atoms with Crippen LogP contribution in [-0.2, 0) is 4.74 Å². The van der Waals surface area contributed by atoms with Crippen LogP contribution in [0.1, 0.15) is 23.5 Å². The number of terminal acetylenes is 1. The number of aliphatic hydroxyl groups excluding tert-OH is 2. The highest BCUT2D eigenvalue weighted by Gasteiger charge is 2.53. The van der Waals surface area contributed by atoms with Crippen molar-refractivity contribution in [1.29, 1.82) is 0 Å². The van der Waals surface area contributed by atoms with E-state index in [9.17, 15) is 20.1 Å². The first kappa shape index (κ1) is 21.2. The minimum Gasteiger partial charge on any atom is -0.394 e. The Kier molecular flexibility index (Phi) is 5.42. The number of amides is 1. The largest absolute Gasteiger partial charge is 0.394 e. The minimum atomic E-state index is -1.70. The van der Waals surface area contributed by atoms with Crippen LogP contribution in [0.15, 0.2) is 24.0 Å². The minimum absolute atomic E-state index is 0.118. The van der Waals surface area contributed by atoms with E-state index in [0.717, 1.165) is 0 Å². The summed E-state index contributed by atoms with van der Waals surface area (Å²) in [4.78, 5) is 21.3. The Labute approximate surface area is 181 Å². The van der Waals surface area contributed by atoms with Gasteiger partial charge < -0.3 is 35.7 Å². The second kappa shape index (κ2) is 7.92. The molecule has 4 atom stereocenters. The van der Waals surface area contributed by atoms with Crippen molar-refractivity contribution in [2.45, 2.75) is 31.0 Å². The van der Waals surface area contributed by atoms with E-state index >= 15 is 0 Å². The summed E-state index contributed by atoms with van der Waals surface area (Å²) < 4.78 is 7.30. The summed E-state index contributed by atoms with van der Waals surface area (Å²) in [5.74, 6) is 2.26. The van der Waals surface area contributed by atoms with Crippen LogP contribution >= 0.6 is 11.3 Å². The second-order valence-electron chi connectivity index (χ2n) is 7.37. The summed E-state index contributed by atoms with van der Waals surface area (Å²) in [6.07, 6.45) is 4.84. The molecule has 0 spiro atoms. The molecule has 1 fully saturated rings. The summed E-state index contributed by atoms with van der Waals surface area (Å²) in [5.41, 5.74) is 5.88. The van der Waals surface area contributed by atoms with Gasteiger partial charge >= 0.3 is 0 Å². The van der Waals surface area contributed by atoms with Gasteiger partial charge in [0.05, 0.1) is 24.1 Å². The van der Waals surface area contributed by atoms with Crippen LogP contribution in [0.25, 0.3) is 21.5 Å². The molecule has 4 rings (SSSR count). The predicted octanol–water partition coefficient (Wildman–Crippen LogP) is 0.107. The van der Waals surface area contributed by atoms with Gasteiger partial charge in [-0.2, -0.15) is 0 Å². The van der Waals surface area contributed by atoms with Crippen molar-refractivity contribution < 1.29 is 24.9 Å². The first-order valence-corrected chi connectivity index (χ1v) is 10.3. The van der Waals surface area contributed by atoms with E-state index in [-0.39, 0.29) is 18.3 Å². The first-order chi connectivity index (χ1) is 14.8. The Bertz CT molecular complexity index is 1180. The summed E-state index contributed by atoms with van der Waals surface area (Å²) in [6, 6.07) is 1.70. The predicted molar refractivity (Wildman–Crippen MR) is 114 cm³/mol. The molecule has 31 heavy (non-hydrogen) atoms. The molecule has 1 amide bonds. The SMILES string of the molecule is C#CCNC(=O)c1csc(-c2cn([C@@H]3OC(CO)C(O)[C@]3(C)O)c3ncnc(N)c23)c1. The zero-order chi connectivity index (χ0) is 22.3. The van der Waals surface area contributed by atoms with E-state index < -0.39 is 30.6 Å². The molecule has 4 heterocycles. The lowest BCUT2D eigenvalue weighted by atomic mass is 9.96. The standard InChI is InChI=1S/C20H21N5O5S/c1-3-4-22-18(28)10-5-13(31-8-10)11-6-25(17-14(11)16(21)23-9-24-17)19-20(2,29)15(27)12(7-26)30-19/h1,5-6,8-9,12,15,19,26-27,29H,4,7H2,2H3,(H,22,28)(H2,21,23,24)/t12?,15?,19-,20+/m1/s1. The van der Waals surface area contributed by atoms with Crippen molar-refractivity contribution in [1.82, 2.24) is 19.9 Å². The second-order valence-corrected chi connectivity index (χ2v) is 8.29. The third-order valence-corrected chi connectivity index (χ3v) is 6.27. The number of thiophene rings is 1. The zero-order valence-electron chi connectivity index (χ0n) is 16.5. The molecule has 3 aromatic heterocycles. The maximum absolute atomic E-state index is 12.2. The number of fused-ring (bicyclic) bond motifs is 1. The van der Waals surface area contributed by atoms with E-state index in [1.54, 1.807) is 22.2 Å². The lowest BCUT2D eigenvalue weighted by Gasteiger charge is -2.27. The average molecular weight is 443 g/mol. The molecule has 1 aliphatic rings. The fourth-order valence-corrected chi connectivity index (χ4v) is 4.60. The molecule has 0 radical (unpaired) electrons. The Morgan fingerprint density at radius 3 is 2.97 bits per heavy atom. The Balaban J connectivity index is 1.82. The number of nitrogen functional groups attached to an aromatic ring is 1. The van der Waals surface area contributed by atoms with Crippen molar-refractivity contribution in [3.05, 3.63) is 29.5 Å². The molecule has 0 aromatic carbocycles. The number of anilines is 1. The van der Waals surface area contributed by atoms with Crippen molar-refractivity contribution >= 4 is 34.1 Å². The van der Waals surface area contributed by atoms with Crippen molar-refractivity contribution in [3.8, 4) is 22.8 Å². The third-order valence-electron chi connectivity index (χ3n) is 5.30. The maximum atomic E-state index is 12.2. The molecule has 10 nitrogen and oxygen atoms in total. The van der Waals surface area contributed by atoms with Crippen LogP contribution in [0.3, 0.4) is 0 Å². The van der Waals surface area contributed by atoms with E-state index in [2.05, 4.69) is 21.2 Å². The normalized spacial score (nSPS) is 25.6. The number of carbonyl (C=O) groups excluding carboxylic acids is 1. The van der Waals surface area contributed by atoms with Gasteiger partial charge in [-0.25, -0.2) is 9.97 Å². The number of nitrogens with zero attached hydrogens (tertiary/aromatic N) is 3. The van der Waals surface area contributed by atoms with Crippen LogP contribution in [0.2, 0.25) is 0 Å². The number of rotatable bonds is 5. The van der Waals surface area contributed by atoms with E-state index in [1.807, 2.05) is 0 Å². The summed E-state index contributed by atoms with van der Waals surface area (Å²) in [6.45, 7) is 1.08. The number of nitrogens with two attached hydrogens (primary N) is 1. The molecule has 0 aliphatic carbocycles. The van der Waals surface area contributed by atoms with E-state index in [4.69, 9.17) is 16.9 Å². The molecular formula is C20H21N5O5S. The monoisotopic (exact) mass is 443 g/mol. The van der Waals surface area contributed by atoms with Gasteiger partial charge in [0.25, 0.3) is 5.91 Å². The maximum Gasteiger partial charge on any atom is 0.252 e. The highest BCUT2D eigenvalue weighted by Crippen LogP contribution is 2.43. The molecule has 0 saturated carbocycles. The number of ether oxygens (including phenoxy) is 1. The van der Waals surface area contributed by atoms with Gasteiger partial charge in [0, 0.05) is 22.0 Å². The van der Waals surface area contributed by atoms with Crippen LogP contribution in [0.5, 0.6) is 0 Å². The molecule has 1 saturated heterocycles. The van der Waals surface area contributed by atoms with Gasteiger partial charge in [0.2, 0.25) is 0 Å². The number of nitrogens with one attached hydrogen (secondary N) is 1. The molecule has 162 valence electrons. The first-order valence-electron chi connectivity index (χ1n) is 9.38. The summed E-state index contributed by atoms with van der Waals surface area (Å²) >= 11 is 1.32. The molecule has 0 bridgehead atoms. The summed E-state index contributed by atoms with van der Waals surface area (Å²) in [7, 11) is 0. The van der Waals surface area contributed by atoms with Crippen LogP contribution in [0.4, 0.5) is 5.82 Å². The van der Waals surface area contributed by atoms with Gasteiger partial charge in [-0.05, 0) is 13.0 Å². The Morgan fingerprint density at radius 2 is 2.29 bits per heavy atom. The average Bonchev–Trinajstić information content (AvgIpc) is 3.43. The number of hydrogen-bond acceptors (Lipinski definition) is 9. The van der Waals surface area contributed by atoms with Gasteiger partial charge in [-0.3, -0.25) is 4.79 Å². The smallest absolute Gasteiger partial charge is 0.252 e. The van der Waals surface area contributed by atoms with Crippen LogP contribution < -0.4 is 11.1 Å². The van der Waals surface area contributed by atoms with Crippen LogP contribution in [-0.4, -0.2) is 66.7 Å². The highest BCUT2D eigenvalue weighted by molar-refractivity contribution is 7.14. The molecule has 1 aliphatic heterocycles. The number of aromatic nitrogens is 3. The highest BCUT2D eigenvalue weighted by atomic mass is 32.1. The zero-order valence-corrected chi connectivity index (χ0v) is 17.3. The molecule has 2 unspecified atom stereocenters. The van der Waals surface area contributed by atoms with Crippen LogP contribution in [0, 0.1) is 12.3 Å². The van der Waals surface area contributed by atoms with Gasteiger partial charge in [0.15, 0.2) is 6.23 Å². The number of carbonyl (C=O) groups is 1. The van der Waals surface area contributed by atoms with Crippen molar-refractivity contribution in [2.75, 3.05) is 18.9 Å². The van der Waals surface area contributed by atoms with E-state index in [1.165, 1.54) is 24.6 Å². The Morgan fingerprint density at radius 1 is 1.52 bits per heavy atom. The number of hydrogen-bond donors (Lipinski definition) is 5. The summed E-state index contributed by atoms with van der Waals surface area (Å²) in [5, 5.41) is 35.6. The fourth-order valence-electron chi connectivity index (χ4n) is 3.69. The molecule has 3 aromatic rings. The number of aliphatic hydroxyl groups is 3. The van der Waals surface area contributed by atoms with Crippen molar-refractivity contribution in [3.63, 3.8) is 0 Å². The van der Waals surface area contributed by atoms with Gasteiger partial charge in [-0.15, -0.1) is 17.8 Å². The molecule has 6 N–H and O–H groups in total. The topological polar surface area (TPSA) is 156 Å². The van der Waals surface area contributed by atoms with Crippen molar-refractivity contribution in [2.24, 2.45) is 0 Å². The van der Waals surface area contributed by atoms with E-state index in [0.29, 0.717) is 27.0 Å². The Hall–Kier alpha value is -3.01. The van der Waals surface area contributed by atoms with Gasteiger partial charge in [0.1, 0.15) is 35.6 Å². The molecular weight excluding hydrogens is 422 g/mol. The molecule has 11 heteroatoms. The third kappa shape index (κ3) is 3.44. The van der Waals surface area contributed by atoms with Gasteiger partial charge in [-0.1, -0.05) is 5.92 Å². The lowest BCUT2D eigenvalue weighted by Crippen LogP contribution is -2.44. The fraction of sp³-hybridized carbons (Fsp3) is 0.350. The quantitative estimate of drug-likeness (QED) is 0.348. The lowest BCUT2D eigenvalue weighted by molar-refractivity contribution is -0.0948.